The summed E-state index contributed by atoms with van der Waals surface area (Å²) >= 11 is 6.01. The van der Waals surface area contributed by atoms with Crippen LogP contribution in [0.15, 0.2) is 18.2 Å². The summed E-state index contributed by atoms with van der Waals surface area (Å²) in [6.45, 7) is 6.82. The van der Waals surface area contributed by atoms with E-state index in [9.17, 15) is 31.4 Å². The van der Waals surface area contributed by atoms with Gasteiger partial charge in [0.1, 0.15) is 5.75 Å². The van der Waals surface area contributed by atoms with E-state index in [4.69, 9.17) is 36.1 Å². The molecule has 2 saturated heterocycles. The second-order valence-corrected chi connectivity index (χ2v) is 7.97. The second kappa shape index (κ2) is 13.7. The van der Waals surface area contributed by atoms with Crippen molar-refractivity contribution < 1.29 is 56.0 Å². The van der Waals surface area contributed by atoms with Gasteiger partial charge < -0.3 is 20.1 Å². The summed E-state index contributed by atoms with van der Waals surface area (Å²) in [7, 11) is 0. The molecule has 8 nitrogen and oxygen atoms in total. The number of aliphatic carboxylic acids is 2. The molecule has 3 rings (SSSR count). The predicted octanol–water partition coefficient (Wildman–Crippen LogP) is 3.61. The fourth-order valence-corrected chi connectivity index (χ4v) is 3.50. The predicted molar refractivity (Wildman–Crippen MR) is 111 cm³/mol. The lowest BCUT2D eigenvalue weighted by atomic mass is 10.0. The van der Waals surface area contributed by atoms with E-state index in [1.807, 2.05) is 6.07 Å². The molecular weight excluding hydrogens is 514 g/mol. The van der Waals surface area contributed by atoms with Gasteiger partial charge in [0.05, 0.1) is 13.2 Å². The number of piperidine rings is 1. The van der Waals surface area contributed by atoms with Crippen LogP contribution in [0.25, 0.3) is 0 Å². The summed E-state index contributed by atoms with van der Waals surface area (Å²) in [5.41, 5.74) is 0.923. The first kappa shape index (κ1) is 30.7. The lowest BCUT2D eigenvalue weighted by Gasteiger charge is -2.40. The number of nitrogens with zero attached hydrogens (tertiary/aromatic N) is 2. The molecule has 3 N–H and O–H groups in total. The molecule has 0 spiro atoms. The van der Waals surface area contributed by atoms with Crippen molar-refractivity contribution in [2.24, 2.45) is 0 Å². The highest BCUT2D eigenvalue weighted by molar-refractivity contribution is 6.30. The molecule has 2 aliphatic rings. The molecule has 0 amide bonds. The van der Waals surface area contributed by atoms with Gasteiger partial charge in [-0.3, -0.25) is 9.80 Å². The van der Waals surface area contributed by atoms with Crippen LogP contribution < -0.4 is 0 Å². The van der Waals surface area contributed by atoms with E-state index in [-0.39, 0.29) is 0 Å². The van der Waals surface area contributed by atoms with Gasteiger partial charge in [-0.2, -0.15) is 26.3 Å². The molecular formula is C20H25ClF6N2O6. The van der Waals surface area contributed by atoms with Gasteiger partial charge in [0.2, 0.25) is 0 Å². The third kappa shape index (κ3) is 11.8. The Labute approximate surface area is 201 Å². The maximum absolute atomic E-state index is 10.6. The number of alkyl halides is 6. The Morgan fingerprint density at radius 1 is 0.943 bits per heavy atom. The average molecular weight is 539 g/mol. The molecule has 1 aromatic carbocycles. The third-order valence-corrected chi connectivity index (χ3v) is 5.27. The Morgan fingerprint density at radius 3 is 1.83 bits per heavy atom. The number of carboxylic acid groups (broad SMARTS) is 2. The number of phenolic OH excluding ortho intramolecular Hbond substituents is 1. The van der Waals surface area contributed by atoms with Gasteiger partial charge in [-0.25, -0.2) is 9.59 Å². The van der Waals surface area contributed by atoms with Crippen molar-refractivity contribution in [1.82, 2.24) is 9.80 Å². The Kier molecular flexibility index (Phi) is 12.0. The van der Waals surface area contributed by atoms with Crippen LogP contribution in [0.5, 0.6) is 5.75 Å². The van der Waals surface area contributed by atoms with Crippen molar-refractivity contribution in [3.05, 3.63) is 28.8 Å². The van der Waals surface area contributed by atoms with Gasteiger partial charge in [0, 0.05) is 36.3 Å². The summed E-state index contributed by atoms with van der Waals surface area (Å²) in [5, 5.41) is 24.9. The molecule has 0 aliphatic carbocycles. The van der Waals surface area contributed by atoms with Crippen LogP contribution in [-0.4, -0.2) is 94.8 Å². The molecule has 2 aliphatic heterocycles. The first-order chi connectivity index (χ1) is 16.1. The zero-order valence-electron chi connectivity index (χ0n) is 18.3. The van der Waals surface area contributed by atoms with Crippen LogP contribution in [0, 0.1) is 0 Å². The number of benzene rings is 1. The topological polar surface area (TPSA) is 111 Å². The molecule has 0 saturated carbocycles. The Balaban J connectivity index is 0.000000362. The van der Waals surface area contributed by atoms with Crippen molar-refractivity contribution in [2.75, 3.05) is 39.4 Å². The number of halogens is 7. The fraction of sp³-hybridized carbons (Fsp3) is 0.600. The molecule has 2 fully saturated rings. The number of phenols is 1. The Hall–Kier alpha value is -2.29. The fourth-order valence-electron chi connectivity index (χ4n) is 3.31. The number of hydrogen-bond acceptors (Lipinski definition) is 6. The van der Waals surface area contributed by atoms with E-state index in [1.165, 1.54) is 12.8 Å². The molecule has 1 aromatic rings. The number of likely N-dealkylation sites (tertiary alicyclic amines) is 1. The maximum atomic E-state index is 10.6. The number of carbonyl (C=O) groups is 2. The van der Waals surface area contributed by atoms with E-state index in [2.05, 4.69) is 9.80 Å². The van der Waals surface area contributed by atoms with E-state index < -0.39 is 24.3 Å². The van der Waals surface area contributed by atoms with Gasteiger partial charge in [0.25, 0.3) is 0 Å². The summed E-state index contributed by atoms with van der Waals surface area (Å²) in [5.74, 6) is -5.17. The molecule has 2 heterocycles. The minimum absolute atomic E-state index is 0.342. The van der Waals surface area contributed by atoms with Crippen LogP contribution in [0.2, 0.25) is 5.02 Å². The lowest BCUT2D eigenvalue weighted by molar-refractivity contribution is -0.193. The minimum atomic E-state index is -5.08. The minimum Gasteiger partial charge on any atom is -0.508 e. The summed E-state index contributed by atoms with van der Waals surface area (Å²) < 4.78 is 68.9. The van der Waals surface area contributed by atoms with Crippen LogP contribution in [0.4, 0.5) is 26.3 Å². The SMILES string of the molecule is O=C(O)C(F)(F)F.O=C(O)C(F)(F)F.Oc1ccc(Cl)cc1CN1CCC(N2CCOCC2)CC1. The van der Waals surface area contributed by atoms with Crippen molar-refractivity contribution in [2.45, 2.75) is 37.8 Å². The zero-order valence-corrected chi connectivity index (χ0v) is 19.0. The van der Waals surface area contributed by atoms with Crippen molar-refractivity contribution >= 4 is 23.5 Å². The van der Waals surface area contributed by atoms with Gasteiger partial charge in [-0.15, -0.1) is 0 Å². The summed E-state index contributed by atoms with van der Waals surface area (Å²) in [6, 6.07) is 5.96. The first-order valence-electron chi connectivity index (χ1n) is 10.2. The highest BCUT2D eigenvalue weighted by atomic mass is 35.5. The standard InChI is InChI=1S/C16H23ClN2O2.2C2HF3O2/c17-14-1-2-16(20)13(11-14)12-18-5-3-15(4-6-18)19-7-9-21-10-8-19;2*3-2(4,5)1(6)7/h1-2,11,15,20H,3-10,12H2;2*(H,6,7). The van der Waals surface area contributed by atoms with E-state index in [0.29, 0.717) is 16.8 Å². The molecule has 0 bridgehead atoms. The van der Waals surface area contributed by atoms with Gasteiger partial charge in [0.15, 0.2) is 0 Å². The second-order valence-electron chi connectivity index (χ2n) is 7.53. The normalized spacial score (nSPS) is 18.0. The van der Waals surface area contributed by atoms with Crippen molar-refractivity contribution in [3.63, 3.8) is 0 Å². The Bertz CT molecular complexity index is 801. The first-order valence-corrected chi connectivity index (χ1v) is 10.6. The monoisotopic (exact) mass is 538 g/mol. The van der Waals surface area contributed by atoms with Gasteiger partial charge in [-0.1, -0.05) is 11.6 Å². The summed E-state index contributed by atoms with van der Waals surface area (Å²) in [6.07, 6.45) is -7.78. The maximum Gasteiger partial charge on any atom is 0.490 e. The molecule has 35 heavy (non-hydrogen) atoms. The largest absolute Gasteiger partial charge is 0.508 e. The molecule has 200 valence electrons. The molecule has 0 aromatic heterocycles. The molecule has 15 heteroatoms. The van der Waals surface area contributed by atoms with E-state index in [0.717, 1.165) is 51.5 Å². The molecule has 0 atom stereocenters. The molecule has 0 radical (unpaired) electrons. The number of carboxylic acids is 2. The molecule has 0 unspecified atom stereocenters. The summed E-state index contributed by atoms with van der Waals surface area (Å²) in [4.78, 5) is 22.8. The van der Waals surface area contributed by atoms with Crippen LogP contribution in [0.1, 0.15) is 18.4 Å². The number of aromatic hydroxyl groups is 1. The van der Waals surface area contributed by atoms with Crippen molar-refractivity contribution in [3.8, 4) is 5.75 Å². The van der Waals surface area contributed by atoms with E-state index in [1.54, 1.807) is 12.1 Å². The van der Waals surface area contributed by atoms with Gasteiger partial charge >= 0.3 is 24.3 Å². The number of morpholine rings is 1. The smallest absolute Gasteiger partial charge is 0.490 e. The highest BCUT2D eigenvalue weighted by Gasteiger charge is 2.38. The van der Waals surface area contributed by atoms with Gasteiger partial charge in [-0.05, 0) is 44.1 Å². The van der Waals surface area contributed by atoms with Crippen LogP contribution >= 0.6 is 11.6 Å². The van der Waals surface area contributed by atoms with Crippen LogP contribution in [-0.2, 0) is 20.9 Å². The zero-order chi connectivity index (χ0) is 26.8. The number of ether oxygens (including phenoxy) is 1. The number of rotatable bonds is 3. The van der Waals surface area contributed by atoms with E-state index >= 15 is 0 Å². The highest BCUT2D eigenvalue weighted by Crippen LogP contribution is 2.25. The third-order valence-electron chi connectivity index (χ3n) is 5.04. The Morgan fingerprint density at radius 2 is 1.40 bits per heavy atom. The quantitative estimate of drug-likeness (QED) is 0.501. The van der Waals surface area contributed by atoms with Crippen LogP contribution in [0.3, 0.4) is 0 Å². The van der Waals surface area contributed by atoms with Crippen molar-refractivity contribution in [1.29, 1.82) is 0 Å². The number of hydrogen-bond donors (Lipinski definition) is 3. The average Bonchev–Trinajstić information content (AvgIpc) is 2.77. The lowest BCUT2D eigenvalue weighted by Crippen LogP contribution is -2.48.